The minimum absolute atomic E-state index is 0.433. The average Bonchev–Trinajstić information content (AvgIpc) is 2.63. The van der Waals surface area contributed by atoms with Crippen LogP contribution >= 0.6 is 0 Å². The van der Waals surface area contributed by atoms with Crippen LogP contribution < -0.4 is 0 Å². The maximum absolute atomic E-state index is 10.6. The SMILES string of the molecule is CN(C)CC/C=C1\c2ccccc2CC(O)c2ccccc21. The molecular formula is C20H23NO. The van der Waals surface area contributed by atoms with E-state index < -0.39 is 6.10 Å². The average molecular weight is 293 g/mol. The summed E-state index contributed by atoms with van der Waals surface area (Å²) in [6.45, 7) is 1.02. The lowest BCUT2D eigenvalue weighted by Gasteiger charge is -2.14. The number of nitrogens with zero attached hydrogens (tertiary/aromatic N) is 1. The second-order valence-corrected chi connectivity index (χ2v) is 6.17. The monoisotopic (exact) mass is 293 g/mol. The molecule has 0 aliphatic heterocycles. The van der Waals surface area contributed by atoms with Crippen LogP contribution in [-0.2, 0) is 6.42 Å². The first-order valence-electron chi connectivity index (χ1n) is 7.87. The third-order valence-electron chi connectivity index (χ3n) is 4.26. The van der Waals surface area contributed by atoms with Crippen molar-refractivity contribution in [2.24, 2.45) is 0 Å². The van der Waals surface area contributed by atoms with Crippen molar-refractivity contribution in [1.29, 1.82) is 0 Å². The Morgan fingerprint density at radius 3 is 2.50 bits per heavy atom. The van der Waals surface area contributed by atoms with E-state index in [0.717, 1.165) is 18.5 Å². The van der Waals surface area contributed by atoms with E-state index in [0.29, 0.717) is 6.42 Å². The van der Waals surface area contributed by atoms with Crippen molar-refractivity contribution < 1.29 is 5.11 Å². The van der Waals surface area contributed by atoms with Crippen LogP contribution in [0.2, 0.25) is 0 Å². The van der Waals surface area contributed by atoms with Crippen LogP contribution in [0.15, 0.2) is 54.6 Å². The zero-order valence-electron chi connectivity index (χ0n) is 13.3. The molecule has 0 spiro atoms. The lowest BCUT2D eigenvalue weighted by Crippen LogP contribution is -2.12. The fourth-order valence-electron chi connectivity index (χ4n) is 3.14. The maximum Gasteiger partial charge on any atom is 0.0836 e. The molecule has 0 saturated heterocycles. The Balaban J connectivity index is 2.11. The number of rotatable bonds is 3. The Labute approximate surface area is 132 Å². The molecule has 114 valence electrons. The molecule has 1 aliphatic rings. The van der Waals surface area contributed by atoms with Gasteiger partial charge >= 0.3 is 0 Å². The summed E-state index contributed by atoms with van der Waals surface area (Å²) in [7, 11) is 4.19. The van der Waals surface area contributed by atoms with Gasteiger partial charge in [-0.05, 0) is 48.3 Å². The number of hydrogen-bond acceptors (Lipinski definition) is 2. The van der Waals surface area contributed by atoms with Gasteiger partial charge in [0.15, 0.2) is 0 Å². The zero-order chi connectivity index (χ0) is 15.5. The van der Waals surface area contributed by atoms with E-state index in [-0.39, 0.29) is 0 Å². The molecule has 0 heterocycles. The van der Waals surface area contributed by atoms with E-state index in [2.05, 4.69) is 61.5 Å². The molecule has 0 radical (unpaired) electrons. The predicted molar refractivity (Wildman–Crippen MR) is 91.8 cm³/mol. The van der Waals surface area contributed by atoms with Gasteiger partial charge in [0.05, 0.1) is 6.10 Å². The van der Waals surface area contributed by atoms with Crippen LogP contribution in [0.5, 0.6) is 0 Å². The number of benzene rings is 2. The minimum atomic E-state index is -0.433. The molecule has 0 bridgehead atoms. The van der Waals surface area contributed by atoms with E-state index in [1.54, 1.807) is 0 Å². The van der Waals surface area contributed by atoms with Crippen LogP contribution in [0.4, 0.5) is 0 Å². The molecule has 2 heteroatoms. The van der Waals surface area contributed by atoms with Gasteiger partial charge in [0.25, 0.3) is 0 Å². The van der Waals surface area contributed by atoms with Crippen LogP contribution in [-0.4, -0.2) is 30.6 Å². The van der Waals surface area contributed by atoms with Crippen LogP contribution in [0.25, 0.3) is 5.57 Å². The van der Waals surface area contributed by atoms with E-state index in [1.807, 2.05) is 12.1 Å². The number of aliphatic hydroxyl groups excluding tert-OH is 1. The molecule has 1 aliphatic carbocycles. The summed E-state index contributed by atoms with van der Waals surface area (Å²) in [6, 6.07) is 16.7. The smallest absolute Gasteiger partial charge is 0.0836 e. The van der Waals surface area contributed by atoms with Gasteiger partial charge in [0.2, 0.25) is 0 Å². The third kappa shape index (κ3) is 2.99. The summed E-state index contributed by atoms with van der Waals surface area (Å²) >= 11 is 0. The number of fused-ring (bicyclic) bond motifs is 2. The summed E-state index contributed by atoms with van der Waals surface area (Å²) in [6.07, 6.45) is 3.56. The molecule has 2 aromatic rings. The van der Waals surface area contributed by atoms with E-state index in [4.69, 9.17) is 0 Å². The van der Waals surface area contributed by atoms with Crippen molar-refractivity contribution >= 4 is 5.57 Å². The summed E-state index contributed by atoms with van der Waals surface area (Å²) in [5.74, 6) is 0. The molecule has 1 unspecified atom stereocenters. The zero-order valence-corrected chi connectivity index (χ0v) is 13.3. The van der Waals surface area contributed by atoms with Crippen molar-refractivity contribution in [3.63, 3.8) is 0 Å². The molecule has 0 saturated carbocycles. The second-order valence-electron chi connectivity index (χ2n) is 6.17. The van der Waals surface area contributed by atoms with Crippen LogP contribution in [0.1, 0.15) is 34.8 Å². The number of hydrogen-bond donors (Lipinski definition) is 1. The summed E-state index contributed by atoms with van der Waals surface area (Å²) < 4.78 is 0. The van der Waals surface area contributed by atoms with Crippen LogP contribution in [0, 0.1) is 0 Å². The molecule has 0 aromatic heterocycles. The van der Waals surface area contributed by atoms with Gasteiger partial charge in [-0.2, -0.15) is 0 Å². The van der Waals surface area contributed by atoms with Crippen LogP contribution in [0.3, 0.4) is 0 Å². The van der Waals surface area contributed by atoms with Crippen molar-refractivity contribution in [3.8, 4) is 0 Å². The largest absolute Gasteiger partial charge is 0.388 e. The first-order valence-corrected chi connectivity index (χ1v) is 7.87. The Hall–Kier alpha value is -1.90. The van der Waals surface area contributed by atoms with Gasteiger partial charge in [-0.1, -0.05) is 54.6 Å². The molecule has 2 nitrogen and oxygen atoms in total. The quantitative estimate of drug-likeness (QED) is 0.933. The highest BCUT2D eigenvalue weighted by Gasteiger charge is 2.22. The van der Waals surface area contributed by atoms with Gasteiger partial charge in [0.1, 0.15) is 0 Å². The van der Waals surface area contributed by atoms with E-state index in [9.17, 15) is 5.11 Å². The second kappa shape index (κ2) is 6.47. The van der Waals surface area contributed by atoms with Crippen molar-refractivity contribution in [3.05, 3.63) is 76.9 Å². The van der Waals surface area contributed by atoms with Gasteiger partial charge in [-0.15, -0.1) is 0 Å². The van der Waals surface area contributed by atoms with Crippen molar-refractivity contribution in [2.75, 3.05) is 20.6 Å². The lowest BCUT2D eigenvalue weighted by molar-refractivity contribution is 0.179. The van der Waals surface area contributed by atoms with Gasteiger partial charge < -0.3 is 10.0 Å². The molecule has 2 aromatic carbocycles. The summed E-state index contributed by atoms with van der Waals surface area (Å²) in [5, 5.41) is 10.6. The highest BCUT2D eigenvalue weighted by atomic mass is 16.3. The normalized spacial score (nSPS) is 18.9. The third-order valence-corrected chi connectivity index (χ3v) is 4.26. The fourth-order valence-corrected chi connectivity index (χ4v) is 3.14. The first kappa shape index (κ1) is 15.0. The highest BCUT2D eigenvalue weighted by Crippen LogP contribution is 2.37. The summed E-state index contributed by atoms with van der Waals surface area (Å²) in [5.41, 5.74) is 5.94. The molecule has 22 heavy (non-hydrogen) atoms. The minimum Gasteiger partial charge on any atom is -0.388 e. The Morgan fingerprint density at radius 2 is 1.73 bits per heavy atom. The Bertz CT molecular complexity index is 688. The maximum atomic E-state index is 10.6. The van der Waals surface area contributed by atoms with E-state index in [1.165, 1.54) is 22.3 Å². The Kier molecular flexibility index (Phi) is 4.41. The number of aliphatic hydroxyl groups is 1. The molecule has 0 amide bonds. The van der Waals surface area contributed by atoms with Gasteiger partial charge in [-0.3, -0.25) is 0 Å². The standard InChI is InChI=1S/C20H23NO/c1-21(2)13-7-12-17-16-9-4-3-8-15(16)14-20(22)19-11-6-5-10-18(17)19/h3-6,8-12,20,22H,7,13-14H2,1-2H3/b17-12+. The van der Waals surface area contributed by atoms with Gasteiger partial charge in [-0.25, -0.2) is 0 Å². The lowest BCUT2D eigenvalue weighted by atomic mass is 9.93. The van der Waals surface area contributed by atoms with Crippen molar-refractivity contribution in [2.45, 2.75) is 18.9 Å². The topological polar surface area (TPSA) is 23.5 Å². The van der Waals surface area contributed by atoms with Gasteiger partial charge in [0, 0.05) is 13.0 Å². The highest BCUT2D eigenvalue weighted by molar-refractivity contribution is 5.84. The molecule has 3 rings (SSSR count). The van der Waals surface area contributed by atoms with E-state index >= 15 is 0 Å². The molecule has 1 atom stereocenters. The fraction of sp³-hybridized carbons (Fsp3) is 0.300. The van der Waals surface area contributed by atoms with Crippen molar-refractivity contribution in [1.82, 2.24) is 4.90 Å². The first-order chi connectivity index (χ1) is 10.7. The molecule has 0 fully saturated rings. The summed E-state index contributed by atoms with van der Waals surface area (Å²) in [4.78, 5) is 2.19. The molecular weight excluding hydrogens is 270 g/mol. The molecule has 1 N–H and O–H groups in total. The predicted octanol–water partition coefficient (Wildman–Crippen LogP) is 3.66. The Morgan fingerprint density at radius 1 is 1.05 bits per heavy atom.